The lowest BCUT2D eigenvalue weighted by atomic mass is 10.0. The van der Waals surface area contributed by atoms with Crippen molar-refractivity contribution in [3.63, 3.8) is 0 Å². The van der Waals surface area contributed by atoms with E-state index in [-0.39, 0.29) is 6.04 Å². The molecule has 0 aliphatic heterocycles. The van der Waals surface area contributed by atoms with E-state index < -0.39 is 0 Å². The molecule has 0 aliphatic carbocycles. The summed E-state index contributed by atoms with van der Waals surface area (Å²) in [5, 5.41) is 7.56. The molecule has 2 aromatic rings. The maximum atomic E-state index is 5.37. The minimum absolute atomic E-state index is 0.0736. The first kappa shape index (κ1) is 13.4. The average molecular weight is 357 g/mol. The van der Waals surface area contributed by atoms with Crippen molar-refractivity contribution < 1.29 is 4.74 Å². The Hall–Kier alpha value is -1.08. The van der Waals surface area contributed by atoms with Gasteiger partial charge in [-0.3, -0.25) is 4.68 Å². The van der Waals surface area contributed by atoms with Crippen molar-refractivity contribution in [1.82, 2.24) is 15.1 Å². The summed E-state index contributed by atoms with van der Waals surface area (Å²) in [6.45, 7) is 0. The maximum absolute atomic E-state index is 5.37. The van der Waals surface area contributed by atoms with Crippen LogP contribution in [0.25, 0.3) is 0 Å². The van der Waals surface area contributed by atoms with E-state index in [1.165, 1.54) is 9.13 Å². The predicted molar refractivity (Wildman–Crippen MR) is 79.8 cm³/mol. The molecule has 1 aromatic carbocycles. The Morgan fingerprint density at radius 2 is 2.00 bits per heavy atom. The van der Waals surface area contributed by atoms with Crippen molar-refractivity contribution in [2.75, 3.05) is 14.2 Å². The monoisotopic (exact) mass is 357 g/mol. The topological polar surface area (TPSA) is 39.1 Å². The van der Waals surface area contributed by atoms with Crippen LogP contribution in [0.1, 0.15) is 17.3 Å². The standard InChI is InChI=1S/C13H16IN3O/c1-15-12(9-4-6-10(14)7-5-9)13-11(18-3)8-16-17(13)2/h4-8,12,15H,1-3H3. The van der Waals surface area contributed by atoms with Crippen molar-refractivity contribution in [2.24, 2.45) is 7.05 Å². The highest BCUT2D eigenvalue weighted by atomic mass is 127. The third-order valence-electron chi connectivity index (χ3n) is 2.93. The molecule has 4 nitrogen and oxygen atoms in total. The zero-order valence-electron chi connectivity index (χ0n) is 10.6. The molecule has 0 aliphatic rings. The molecule has 0 fully saturated rings. The van der Waals surface area contributed by atoms with Crippen molar-refractivity contribution in [1.29, 1.82) is 0 Å². The fourth-order valence-electron chi connectivity index (χ4n) is 2.03. The van der Waals surface area contributed by atoms with Crippen LogP contribution < -0.4 is 10.1 Å². The van der Waals surface area contributed by atoms with Crippen LogP contribution in [0.5, 0.6) is 5.75 Å². The summed E-state index contributed by atoms with van der Waals surface area (Å²) in [5.41, 5.74) is 2.22. The van der Waals surface area contributed by atoms with Gasteiger partial charge in [0.05, 0.1) is 19.3 Å². The summed E-state index contributed by atoms with van der Waals surface area (Å²) in [6, 6.07) is 8.51. The van der Waals surface area contributed by atoms with Gasteiger partial charge in [-0.15, -0.1) is 0 Å². The average Bonchev–Trinajstić information content (AvgIpc) is 2.74. The Labute approximate surface area is 120 Å². The Balaban J connectivity index is 2.44. The van der Waals surface area contributed by atoms with Crippen LogP contribution >= 0.6 is 22.6 Å². The van der Waals surface area contributed by atoms with Gasteiger partial charge in [0.25, 0.3) is 0 Å². The van der Waals surface area contributed by atoms with Crippen LogP contribution in [-0.4, -0.2) is 23.9 Å². The van der Waals surface area contributed by atoms with E-state index in [2.05, 4.69) is 57.3 Å². The molecule has 0 amide bonds. The van der Waals surface area contributed by atoms with Crippen LogP contribution in [0.2, 0.25) is 0 Å². The van der Waals surface area contributed by atoms with Crippen LogP contribution in [0.4, 0.5) is 0 Å². The van der Waals surface area contributed by atoms with Crippen LogP contribution in [0.3, 0.4) is 0 Å². The van der Waals surface area contributed by atoms with E-state index >= 15 is 0 Å². The summed E-state index contributed by atoms with van der Waals surface area (Å²) in [5.74, 6) is 0.801. The van der Waals surface area contributed by atoms with Gasteiger partial charge in [0.1, 0.15) is 5.69 Å². The number of methoxy groups -OCH3 is 1. The summed E-state index contributed by atoms with van der Waals surface area (Å²) in [6.07, 6.45) is 1.74. The Morgan fingerprint density at radius 3 is 2.56 bits per heavy atom. The molecule has 0 bridgehead atoms. The highest BCUT2D eigenvalue weighted by Gasteiger charge is 2.20. The summed E-state index contributed by atoms with van der Waals surface area (Å²) >= 11 is 2.30. The molecule has 0 radical (unpaired) electrons. The molecule has 0 saturated heterocycles. The molecule has 1 atom stereocenters. The Kier molecular flexibility index (Phi) is 4.23. The lowest BCUT2D eigenvalue weighted by Gasteiger charge is -2.18. The first-order valence-electron chi connectivity index (χ1n) is 5.66. The molecule has 5 heteroatoms. The van der Waals surface area contributed by atoms with E-state index in [0.29, 0.717) is 0 Å². The van der Waals surface area contributed by atoms with Gasteiger partial charge in [-0.25, -0.2) is 0 Å². The lowest BCUT2D eigenvalue weighted by Crippen LogP contribution is -2.21. The molecular formula is C13H16IN3O. The first-order chi connectivity index (χ1) is 8.67. The molecule has 1 aromatic heterocycles. The third kappa shape index (κ3) is 2.51. The number of aromatic nitrogens is 2. The van der Waals surface area contributed by atoms with Crippen molar-refractivity contribution in [3.8, 4) is 5.75 Å². The summed E-state index contributed by atoms with van der Waals surface area (Å²) in [7, 11) is 5.53. The smallest absolute Gasteiger partial charge is 0.161 e. The zero-order valence-corrected chi connectivity index (χ0v) is 12.8. The van der Waals surface area contributed by atoms with Gasteiger partial charge in [-0.2, -0.15) is 5.10 Å². The molecule has 18 heavy (non-hydrogen) atoms. The second kappa shape index (κ2) is 5.71. The summed E-state index contributed by atoms with van der Waals surface area (Å²) < 4.78 is 8.44. The van der Waals surface area contributed by atoms with E-state index in [4.69, 9.17) is 4.74 Å². The number of ether oxygens (including phenoxy) is 1. The van der Waals surface area contributed by atoms with Crippen molar-refractivity contribution in [3.05, 3.63) is 45.3 Å². The number of rotatable bonds is 4. The Morgan fingerprint density at radius 1 is 1.33 bits per heavy atom. The minimum Gasteiger partial charge on any atom is -0.493 e. The van der Waals surface area contributed by atoms with E-state index in [0.717, 1.165) is 11.4 Å². The van der Waals surface area contributed by atoms with Gasteiger partial charge >= 0.3 is 0 Å². The van der Waals surface area contributed by atoms with Gasteiger partial charge in [0.15, 0.2) is 5.75 Å². The Bertz CT molecular complexity index is 522. The molecule has 2 rings (SSSR count). The van der Waals surface area contributed by atoms with Gasteiger partial charge in [0.2, 0.25) is 0 Å². The first-order valence-corrected chi connectivity index (χ1v) is 6.74. The number of aryl methyl sites for hydroxylation is 1. The summed E-state index contributed by atoms with van der Waals surface area (Å²) in [4.78, 5) is 0. The fourth-order valence-corrected chi connectivity index (χ4v) is 2.39. The third-order valence-corrected chi connectivity index (χ3v) is 3.65. The number of nitrogens with zero attached hydrogens (tertiary/aromatic N) is 2. The number of benzene rings is 1. The molecule has 0 spiro atoms. The second-order valence-electron chi connectivity index (χ2n) is 4.00. The van der Waals surface area contributed by atoms with Gasteiger partial charge in [0, 0.05) is 10.6 Å². The van der Waals surface area contributed by atoms with Crippen LogP contribution in [-0.2, 0) is 7.05 Å². The number of hydrogen-bond acceptors (Lipinski definition) is 3. The van der Waals surface area contributed by atoms with Gasteiger partial charge in [-0.05, 0) is 47.3 Å². The fraction of sp³-hybridized carbons (Fsp3) is 0.308. The molecule has 1 unspecified atom stereocenters. The minimum atomic E-state index is 0.0736. The van der Waals surface area contributed by atoms with Gasteiger partial charge in [-0.1, -0.05) is 12.1 Å². The number of hydrogen-bond donors (Lipinski definition) is 1. The van der Waals surface area contributed by atoms with Crippen LogP contribution in [0.15, 0.2) is 30.5 Å². The van der Waals surface area contributed by atoms with E-state index in [1.807, 2.05) is 18.8 Å². The molecular weight excluding hydrogens is 341 g/mol. The SMILES string of the molecule is CNC(c1ccc(I)cc1)c1c(OC)cnn1C. The molecule has 96 valence electrons. The molecule has 0 saturated carbocycles. The highest BCUT2D eigenvalue weighted by Crippen LogP contribution is 2.29. The molecule has 1 heterocycles. The largest absolute Gasteiger partial charge is 0.493 e. The predicted octanol–water partition coefficient (Wildman–Crippen LogP) is 2.34. The van der Waals surface area contributed by atoms with Gasteiger partial charge < -0.3 is 10.1 Å². The maximum Gasteiger partial charge on any atom is 0.161 e. The van der Waals surface area contributed by atoms with Crippen molar-refractivity contribution in [2.45, 2.75) is 6.04 Å². The van der Waals surface area contributed by atoms with E-state index in [9.17, 15) is 0 Å². The lowest BCUT2D eigenvalue weighted by molar-refractivity contribution is 0.402. The normalized spacial score (nSPS) is 12.4. The quantitative estimate of drug-likeness (QED) is 0.854. The number of nitrogens with one attached hydrogen (secondary N) is 1. The van der Waals surface area contributed by atoms with Crippen molar-refractivity contribution >= 4 is 22.6 Å². The highest BCUT2D eigenvalue weighted by molar-refractivity contribution is 14.1. The second-order valence-corrected chi connectivity index (χ2v) is 5.24. The van der Waals surface area contributed by atoms with Crippen LogP contribution in [0, 0.1) is 3.57 Å². The zero-order chi connectivity index (χ0) is 13.1. The van der Waals surface area contributed by atoms with E-state index in [1.54, 1.807) is 13.3 Å². The number of halogens is 1. The molecule has 1 N–H and O–H groups in total.